The summed E-state index contributed by atoms with van der Waals surface area (Å²) in [6.45, 7) is 4.93. The van der Waals surface area contributed by atoms with Crippen molar-refractivity contribution in [3.8, 4) is 0 Å². The van der Waals surface area contributed by atoms with E-state index >= 15 is 0 Å². The van der Waals surface area contributed by atoms with Crippen molar-refractivity contribution in [2.24, 2.45) is 5.41 Å². The lowest BCUT2D eigenvalue weighted by molar-refractivity contribution is -0.117. The minimum Gasteiger partial charge on any atom is -0.396 e. The van der Waals surface area contributed by atoms with Crippen molar-refractivity contribution < 1.29 is 19.5 Å². The number of aliphatic hydroxyl groups is 1. The summed E-state index contributed by atoms with van der Waals surface area (Å²) in [7, 11) is 0. The zero-order valence-corrected chi connectivity index (χ0v) is 14.6. The zero-order valence-electron chi connectivity index (χ0n) is 14.6. The van der Waals surface area contributed by atoms with Crippen molar-refractivity contribution in [3.63, 3.8) is 0 Å². The Morgan fingerprint density at radius 1 is 1.31 bits per heavy atom. The molecular formula is C19H23N3O4. The Kier molecular flexibility index (Phi) is 5.08. The van der Waals surface area contributed by atoms with Crippen molar-refractivity contribution >= 4 is 23.5 Å². The highest BCUT2D eigenvalue weighted by atomic mass is 16.3. The molecule has 0 aromatic heterocycles. The molecule has 1 aromatic rings. The molecule has 1 aromatic carbocycles. The van der Waals surface area contributed by atoms with Crippen LogP contribution in [-0.4, -0.2) is 54.1 Å². The second kappa shape index (κ2) is 7.29. The van der Waals surface area contributed by atoms with Gasteiger partial charge in [-0.2, -0.15) is 0 Å². The van der Waals surface area contributed by atoms with Crippen LogP contribution in [0.5, 0.6) is 0 Å². The molecule has 0 spiro atoms. The van der Waals surface area contributed by atoms with Gasteiger partial charge in [0.1, 0.15) is 6.54 Å². The van der Waals surface area contributed by atoms with E-state index in [1.165, 1.54) is 4.90 Å². The SMILES string of the molecule is C=CC[C@]1(CO)CCCN(C(=O)c2ccc(N3CC(=O)NC3=O)cc2)C1. The first-order chi connectivity index (χ1) is 12.5. The number of anilines is 1. The van der Waals surface area contributed by atoms with E-state index in [1.807, 2.05) is 0 Å². The van der Waals surface area contributed by atoms with Crippen LogP contribution in [0.3, 0.4) is 0 Å². The number of nitrogens with one attached hydrogen (secondary N) is 1. The highest BCUT2D eigenvalue weighted by Gasteiger charge is 2.36. The summed E-state index contributed by atoms with van der Waals surface area (Å²) in [6, 6.07) is 6.20. The standard InChI is InChI=1S/C19H23N3O4/c1-2-8-19(13-23)9-3-10-21(12-19)17(25)14-4-6-15(7-5-14)22-11-16(24)20-18(22)26/h2,4-7,23H,1,3,8-13H2,(H,20,24,26)/t19-/m0/s1. The van der Waals surface area contributed by atoms with Gasteiger partial charge in [0.25, 0.3) is 5.91 Å². The number of benzene rings is 1. The van der Waals surface area contributed by atoms with Crippen LogP contribution in [0.25, 0.3) is 0 Å². The van der Waals surface area contributed by atoms with Gasteiger partial charge in [0, 0.05) is 29.8 Å². The second-order valence-electron chi connectivity index (χ2n) is 6.97. The molecule has 7 nitrogen and oxygen atoms in total. The van der Waals surface area contributed by atoms with Gasteiger partial charge in [-0.05, 0) is 43.5 Å². The van der Waals surface area contributed by atoms with Gasteiger partial charge in [0.15, 0.2) is 0 Å². The van der Waals surface area contributed by atoms with Crippen molar-refractivity contribution in [3.05, 3.63) is 42.5 Å². The Balaban J connectivity index is 1.72. The molecular weight excluding hydrogens is 334 g/mol. The summed E-state index contributed by atoms with van der Waals surface area (Å²) >= 11 is 0. The third-order valence-corrected chi connectivity index (χ3v) is 5.08. The zero-order chi connectivity index (χ0) is 18.7. The molecule has 2 saturated heterocycles. The molecule has 138 valence electrons. The van der Waals surface area contributed by atoms with Crippen molar-refractivity contribution in [1.82, 2.24) is 10.2 Å². The van der Waals surface area contributed by atoms with Crippen molar-refractivity contribution in [1.29, 1.82) is 0 Å². The van der Waals surface area contributed by atoms with E-state index in [0.717, 1.165) is 12.8 Å². The summed E-state index contributed by atoms with van der Waals surface area (Å²) in [4.78, 5) is 38.9. The molecule has 2 N–H and O–H groups in total. The second-order valence-corrected chi connectivity index (χ2v) is 6.97. The maximum Gasteiger partial charge on any atom is 0.329 e. The van der Waals surface area contributed by atoms with E-state index in [4.69, 9.17) is 0 Å². The fourth-order valence-electron chi connectivity index (χ4n) is 3.66. The number of nitrogens with zero attached hydrogens (tertiary/aromatic N) is 2. The number of hydrogen-bond acceptors (Lipinski definition) is 4. The molecule has 2 heterocycles. The topological polar surface area (TPSA) is 89.9 Å². The summed E-state index contributed by atoms with van der Waals surface area (Å²) in [5.41, 5.74) is 0.774. The number of carbonyl (C=O) groups excluding carboxylic acids is 3. The Hall–Kier alpha value is -2.67. The van der Waals surface area contributed by atoms with Crippen LogP contribution in [0.1, 0.15) is 29.6 Å². The minimum atomic E-state index is -0.456. The number of carbonyl (C=O) groups is 3. The number of piperidine rings is 1. The predicted molar refractivity (Wildman–Crippen MR) is 96.8 cm³/mol. The number of likely N-dealkylation sites (tertiary alicyclic amines) is 1. The van der Waals surface area contributed by atoms with Gasteiger partial charge in [-0.15, -0.1) is 6.58 Å². The first-order valence-electron chi connectivity index (χ1n) is 8.70. The predicted octanol–water partition coefficient (Wildman–Crippen LogP) is 1.53. The van der Waals surface area contributed by atoms with Gasteiger partial charge >= 0.3 is 6.03 Å². The summed E-state index contributed by atoms with van der Waals surface area (Å²) in [5.74, 6) is -0.439. The monoisotopic (exact) mass is 357 g/mol. The maximum absolute atomic E-state index is 12.8. The van der Waals surface area contributed by atoms with Crippen LogP contribution in [-0.2, 0) is 4.79 Å². The van der Waals surface area contributed by atoms with E-state index in [2.05, 4.69) is 11.9 Å². The molecule has 26 heavy (non-hydrogen) atoms. The number of imide groups is 1. The van der Waals surface area contributed by atoms with Crippen LogP contribution in [0.2, 0.25) is 0 Å². The van der Waals surface area contributed by atoms with Gasteiger partial charge in [0.05, 0.1) is 6.61 Å². The average molecular weight is 357 g/mol. The molecule has 0 radical (unpaired) electrons. The van der Waals surface area contributed by atoms with Crippen molar-refractivity contribution in [2.45, 2.75) is 19.3 Å². The molecule has 2 aliphatic heterocycles. The number of rotatable bonds is 5. The average Bonchev–Trinajstić information content (AvgIpc) is 3.00. The fraction of sp³-hybridized carbons (Fsp3) is 0.421. The van der Waals surface area contributed by atoms with Crippen LogP contribution in [0.15, 0.2) is 36.9 Å². The molecule has 0 aliphatic carbocycles. The molecule has 0 bridgehead atoms. The lowest BCUT2D eigenvalue weighted by atomic mass is 9.77. The normalized spacial score (nSPS) is 23.1. The van der Waals surface area contributed by atoms with Gasteiger partial charge < -0.3 is 10.0 Å². The lowest BCUT2D eigenvalue weighted by Crippen LogP contribution is -2.47. The Morgan fingerprint density at radius 2 is 2.04 bits per heavy atom. The van der Waals surface area contributed by atoms with E-state index < -0.39 is 6.03 Å². The van der Waals surface area contributed by atoms with Crippen molar-refractivity contribution in [2.75, 3.05) is 31.1 Å². The number of allylic oxidation sites excluding steroid dienone is 1. The molecule has 7 heteroatoms. The quantitative estimate of drug-likeness (QED) is 0.618. The third-order valence-electron chi connectivity index (χ3n) is 5.08. The molecule has 2 fully saturated rings. The Bertz CT molecular complexity index is 731. The summed E-state index contributed by atoms with van der Waals surface area (Å²) in [5, 5.41) is 12.0. The number of amides is 4. The molecule has 3 rings (SSSR count). The van der Waals surface area contributed by atoms with Crippen LogP contribution in [0, 0.1) is 5.41 Å². The van der Waals surface area contributed by atoms with E-state index in [-0.39, 0.29) is 30.4 Å². The number of aliphatic hydroxyl groups excluding tert-OH is 1. The number of hydrogen-bond donors (Lipinski definition) is 2. The van der Waals surface area contributed by atoms with Gasteiger partial charge in [-0.25, -0.2) is 4.79 Å². The van der Waals surface area contributed by atoms with Gasteiger partial charge in [-0.3, -0.25) is 19.8 Å². The van der Waals surface area contributed by atoms with E-state index in [1.54, 1.807) is 35.2 Å². The highest BCUT2D eigenvalue weighted by molar-refractivity contribution is 6.12. The smallest absolute Gasteiger partial charge is 0.329 e. The van der Waals surface area contributed by atoms with E-state index in [9.17, 15) is 19.5 Å². The lowest BCUT2D eigenvalue weighted by Gasteiger charge is -2.41. The fourth-order valence-corrected chi connectivity index (χ4v) is 3.66. The van der Waals surface area contributed by atoms with Crippen LogP contribution >= 0.6 is 0 Å². The highest BCUT2D eigenvalue weighted by Crippen LogP contribution is 2.34. The molecule has 2 aliphatic rings. The first-order valence-corrected chi connectivity index (χ1v) is 8.70. The van der Waals surface area contributed by atoms with Gasteiger partial charge in [0.2, 0.25) is 5.91 Å². The van der Waals surface area contributed by atoms with E-state index in [0.29, 0.717) is 30.8 Å². The van der Waals surface area contributed by atoms with Crippen LogP contribution < -0.4 is 10.2 Å². The Labute approximate surface area is 152 Å². The largest absolute Gasteiger partial charge is 0.396 e. The first kappa shape index (κ1) is 18.1. The minimum absolute atomic E-state index is 0.0151. The molecule has 0 unspecified atom stereocenters. The molecule has 4 amide bonds. The maximum atomic E-state index is 12.8. The summed E-state index contributed by atoms with van der Waals surface area (Å²) in [6.07, 6.45) is 4.18. The molecule has 1 atom stereocenters. The summed E-state index contributed by atoms with van der Waals surface area (Å²) < 4.78 is 0. The Morgan fingerprint density at radius 3 is 2.62 bits per heavy atom. The van der Waals surface area contributed by atoms with Crippen LogP contribution in [0.4, 0.5) is 10.5 Å². The van der Waals surface area contributed by atoms with Gasteiger partial charge in [-0.1, -0.05) is 6.08 Å². The number of urea groups is 1. The third kappa shape index (κ3) is 3.48. The molecule has 0 saturated carbocycles.